The lowest BCUT2D eigenvalue weighted by Gasteiger charge is -2.34. The highest BCUT2D eigenvalue weighted by Crippen LogP contribution is 2.38. The van der Waals surface area contributed by atoms with Gasteiger partial charge in [0.15, 0.2) is 0 Å². The van der Waals surface area contributed by atoms with Gasteiger partial charge in [-0.25, -0.2) is 0 Å². The van der Waals surface area contributed by atoms with Crippen LogP contribution < -0.4 is 0 Å². The van der Waals surface area contributed by atoms with Gasteiger partial charge in [0, 0.05) is 17.8 Å². The molecule has 2 atom stereocenters. The van der Waals surface area contributed by atoms with Crippen molar-refractivity contribution >= 4 is 11.6 Å². The van der Waals surface area contributed by atoms with Crippen LogP contribution in [0.15, 0.2) is 0 Å². The molecule has 1 saturated carbocycles. The minimum absolute atomic E-state index is 0.130. The fraction of sp³-hybridized carbons (Fsp3) is 0.818. The fourth-order valence-electron chi connectivity index (χ4n) is 2.37. The van der Waals surface area contributed by atoms with E-state index in [1.807, 2.05) is 13.8 Å². The third kappa shape index (κ3) is 2.17. The maximum absolute atomic E-state index is 11.8. The van der Waals surface area contributed by atoms with E-state index < -0.39 is 0 Å². The van der Waals surface area contributed by atoms with E-state index in [4.69, 9.17) is 0 Å². The van der Waals surface area contributed by atoms with E-state index in [2.05, 4.69) is 0 Å². The van der Waals surface area contributed by atoms with Gasteiger partial charge in [-0.2, -0.15) is 0 Å². The van der Waals surface area contributed by atoms with Gasteiger partial charge in [-0.15, -0.1) is 0 Å². The Bertz CT molecular complexity index is 232. The summed E-state index contributed by atoms with van der Waals surface area (Å²) in [5.41, 5.74) is -0.358. The van der Waals surface area contributed by atoms with Crippen LogP contribution >= 0.6 is 0 Å². The summed E-state index contributed by atoms with van der Waals surface area (Å²) in [6, 6.07) is 0. The van der Waals surface area contributed by atoms with E-state index in [-0.39, 0.29) is 22.9 Å². The minimum atomic E-state index is -0.358. The van der Waals surface area contributed by atoms with E-state index in [1.165, 1.54) is 0 Å². The predicted molar refractivity (Wildman–Crippen MR) is 51.4 cm³/mol. The molecule has 0 radical (unpaired) electrons. The van der Waals surface area contributed by atoms with Gasteiger partial charge in [-0.05, 0) is 19.8 Å². The summed E-state index contributed by atoms with van der Waals surface area (Å²) in [5.74, 6) is 0.567. The Morgan fingerprint density at radius 1 is 1.62 bits per heavy atom. The molecule has 1 fully saturated rings. The van der Waals surface area contributed by atoms with Crippen LogP contribution in [0.25, 0.3) is 0 Å². The third-order valence-corrected chi connectivity index (χ3v) is 3.05. The SMILES string of the molecule is CC(=O)CC1(C)CCCC(C)C1=O. The quantitative estimate of drug-likeness (QED) is 0.657. The summed E-state index contributed by atoms with van der Waals surface area (Å²) in [7, 11) is 0. The predicted octanol–water partition coefficient (Wildman–Crippen LogP) is 2.36. The highest BCUT2D eigenvalue weighted by atomic mass is 16.1. The first kappa shape index (κ1) is 10.4. The second-order valence-electron chi connectivity index (χ2n) is 4.60. The van der Waals surface area contributed by atoms with E-state index in [0.29, 0.717) is 6.42 Å². The zero-order valence-electron chi connectivity index (χ0n) is 8.72. The van der Waals surface area contributed by atoms with Crippen molar-refractivity contribution in [2.45, 2.75) is 46.5 Å². The first-order valence-corrected chi connectivity index (χ1v) is 4.99. The molecular formula is C11H18O2. The molecule has 1 aliphatic carbocycles. The smallest absolute Gasteiger partial charge is 0.141 e. The molecule has 1 aliphatic rings. The first-order valence-electron chi connectivity index (χ1n) is 4.99. The number of carbonyl (C=O) groups is 2. The molecule has 0 amide bonds. The standard InChI is InChI=1S/C11H18O2/c1-8-5-4-6-11(3,10(8)13)7-9(2)12/h8H,4-7H2,1-3H3. The second-order valence-corrected chi connectivity index (χ2v) is 4.60. The number of Topliss-reactive ketones (excluding diaryl/α,β-unsaturated/α-hetero) is 2. The molecule has 0 aliphatic heterocycles. The van der Waals surface area contributed by atoms with Gasteiger partial charge < -0.3 is 0 Å². The Morgan fingerprint density at radius 3 is 2.77 bits per heavy atom. The van der Waals surface area contributed by atoms with Gasteiger partial charge in [0.2, 0.25) is 0 Å². The zero-order valence-corrected chi connectivity index (χ0v) is 8.72. The molecule has 0 spiro atoms. The lowest BCUT2D eigenvalue weighted by Crippen LogP contribution is -2.37. The number of rotatable bonds is 2. The second kappa shape index (κ2) is 3.60. The van der Waals surface area contributed by atoms with Crippen LogP contribution in [-0.4, -0.2) is 11.6 Å². The van der Waals surface area contributed by atoms with Crippen molar-refractivity contribution < 1.29 is 9.59 Å². The van der Waals surface area contributed by atoms with Crippen molar-refractivity contribution in [2.24, 2.45) is 11.3 Å². The van der Waals surface area contributed by atoms with E-state index >= 15 is 0 Å². The Kier molecular flexibility index (Phi) is 2.89. The Labute approximate surface area is 79.7 Å². The molecule has 2 nitrogen and oxygen atoms in total. The summed E-state index contributed by atoms with van der Waals surface area (Å²) >= 11 is 0. The van der Waals surface area contributed by atoms with Crippen molar-refractivity contribution in [1.29, 1.82) is 0 Å². The lowest BCUT2D eigenvalue weighted by molar-refractivity contribution is -0.138. The maximum Gasteiger partial charge on any atom is 0.141 e. The molecule has 13 heavy (non-hydrogen) atoms. The molecular weight excluding hydrogens is 164 g/mol. The summed E-state index contributed by atoms with van der Waals surface area (Å²) in [6.45, 7) is 5.48. The Morgan fingerprint density at radius 2 is 2.23 bits per heavy atom. The summed E-state index contributed by atoms with van der Waals surface area (Å²) in [4.78, 5) is 22.8. The molecule has 0 saturated heterocycles. The van der Waals surface area contributed by atoms with Crippen LogP contribution in [0, 0.1) is 11.3 Å². The Hall–Kier alpha value is -0.660. The van der Waals surface area contributed by atoms with Crippen LogP contribution in [0.3, 0.4) is 0 Å². The molecule has 74 valence electrons. The van der Waals surface area contributed by atoms with Crippen LogP contribution in [0.4, 0.5) is 0 Å². The van der Waals surface area contributed by atoms with Crippen LogP contribution in [-0.2, 0) is 9.59 Å². The van der Waals surface area contributed by atoms with E-state index in [9.17, 15) is 9.59 Å². The van der Waals surface area contributed by atoms with Gasteiger partial charge in [0.25, 0.3) is 0 Å². The average Bonchev–Trinajstić information content (AvgIpc) is 1.99. The monoisotopic (exact) mass is 182 g/mol. The van der Waals surface area contributed by atoms with Crippen molar-refractivity contribution in [3.05, 3.63) is 0 Å². The molecule has 0 aromatic rings. The average molecular weight is 182 g/mol. The van der Waals surface area contributed by atoms with Crippen LogP contribution in [0.2, 0.25) is 0 Å². The third-order valence-electron chi connectivity index (χ3n) is 3.05. The van der Waals surface area contributed by atoms with Crippen molar-refractivity contribution in [1.82, 2.24) is 0 Å². The highest BCUT2D eigenvalue weighted by Gasteiger charge is 2.39. The zero-order chi connectivity index (χ0) is 10.1. The number of ketones is 2. The number of hydrogen-bond acceptors (Lipinski definition) is 2. The van der Waals surface area contributed by atoms with Gasteiger partial charge in [-0.1, -0.05) is 20.3 Å². The highest BCUT2D eigenvalue weighted by molar-refractivity contribution is 5.91. The molecule has 0 bridgehead atoms. The number of hydrogen-bond donors (Lipinski definition) is 0. The molecule has 0 heterocycles. The van der Waals surface area contributed by atoms with Gasteiger partial charge >= 0.3 is 0 Å². The Balaban J connectivity index is 2.75. The van der Waals surface area contributed by atoms with Crippen molar-refractivity contribution in [2.75, 3.05) is 0 Å². The molecule has 2 unspecified atom stereocenters. The molecule has 0 aromatic heterocycles. The van der Waals surface area contributed by atoms with Crippen LogP contribution in [0.5, 0.6) is 0 Å². The van der Waals surface area contributed by atoms with Crippen molar-refractivity contribution in [3.63, 3.8) is 0 Å². The van der Waals surface area contributed by atoms with Crippen LogP contribution in [0.1, 0.15) is 46.5 Å². The van der Waals surface area contributed by atoms with Gasteiger partial charge in [0.1, 0.15) is 11.6 Å². The van der Waals surface area contributed by atoms with Gasteiger partial charge in [0.05, 0.1) is 0 Å². The molecule has 1 rings (SSSR count). The van der Waals surface area contributed by atoms with Crippen molar-refractivity contribution in [3.8, 4) is 0 Å². The first-order chi connectivity index (χ1) is 5.96. The van der Waals surface area contributed by atoms with E-state index in [0.717, 1.165) is 19.3 Å². The normalized spacial score (nSPS) is 34.7. The van der Waals surface area contributed by atoms with E-state index in [1.54, 1.807) is 6.92 Å². The minimum Gasteiger partial charge on any atom is -0.300 e. The fourth-order valence-corrected chi connectivity index (χ4v) is 2.37. The molecule has 0 N–H and O–H groups in total. The summed E-state index contributed by atoms with van der Waals surface area (Å²) in [5, 5.41) is 0. The topological polar surface area (TPSA) is 34.1 Å². The summed E-state index contributed by atoms with van der Waals surface area (Å²) in [6.07, 6.45) is 3.38. The van der Waals surface area contributed by atoms with Gasteiger partial charge in [-0.3, -0.25) is 9.59 Å². The molecule has 2 heteroatoms. The summed E-state index contributed by atoms with van der Waals surface area (Å²) < 4.78 is 0. The largest absolute Gasteiger partial charge is 0.300 e. The lowest BCUT2D eigenvalue weighted by atomic mass is 9.68. The number of carbonyl (C=O) groups excluding carboxylic acids is 2. The maximum atomic E-state index is 11.8. The molecule has 0 aromatic carbocycles.